The van der Waals surface area contributed by atoms with Gasteiger partial charge in [0.05, 0.1) is 6.04 Å². The number of nitrogens with zero attached hydrogens (tertiary/aromatic N) is 3. The maximum atomic E-state index is 12.9. The molecule has 2 atom stereocenters. The predicted molar refractivity (Wildman–Crippen MR) is 85.4 cm³/mol. The van der Waals surface area contributed by atoms with Gasteiger partial charge in [-0.15, -0.1) is 0 Å². The van der Waals surface area contributed by atoms with Crippen molar-refractivity contribution in [1.82, 2.24) is 9.88 Å². The Hall–Kier alpha value is -2.20. The number of hydrogen-bond donors (Lipinski definition) is 0. The van der Waals surface area contributed by atoms with E-state index < -0.39 is 0 Å². The normalized spacial score (nSPS) is 24.8. The minimum atomic E-state index is -0.0326. The van der Waals surface area contributed by atoms with Crippen molar-refractivity contribution >= 4 is 11.7 Å². The van der Waals surface area contributed by atoms with E-state index in [4.69, 9.17) is 0 Å². The van der Waals surface area contributed by atoms with E-state index in [1.165, 1.54) is 11.1 Å². The Kier molecular flexibility index (Phi) is 3.19. The van der Waals surface area contributed by atoms with E-state index in [0.717, 1.165) is 25.2 Å². The average Bonchev–Trinajstić information content (AvgIpc) is 3.10. The number of anilines is 1. The number of pyridine rings is 1. The molecule has 2 fully saturated rings. The Morgan fingerprint density at radius 1 is 1.18 bits per heavy atom. The molecule has 0 bridgehead atoms. The van der Waals surface area contributed by atoms with Crippen LogP contribution in [0.25, 0.3) is 0 Å². The number of aromatic nitrogens is 1. The van der Waals surface area contributed by atoms with Crippen molar-refractivity contribution in [2.24, 2.45) is 0 Å². The van der Waals surface area contributed by atoms with Crippen LogP contribution in [0.2, 0.25) is 0 Å². The number of carbonyl (C=O) groups is 1. The van der Waals surface area contributed by atoms with E-state index in [0.29, 0.717) is 0 Å². The molecule has 0 unspecified atom stereocenters. The zero-order valence-electron chi connectivity index (χ0n) is 12.6. The van der Waals surface area contributed by atoms with Crippen molar-refractivity contribution in [1.29, 1.82) is 0 Å². The number of aryl methyl sites for hydroxylation is 1. The predicted octanol–water partition coefficient (Wildman–Crippen LogP) is 2.90. The van der Waals surface area contributed by atoms with Gasteiger partial charge in [0.15, 0.2) is 0 Å². The molecule has 0 radical (unpaired) electrons. The van der Waals surface area contributed by atoms with Crippen LogP contribution < -0.4 is 4.90 Å². The van der Waals surface area contributed by atoms with Gasteiger partial charge in [-0.05, 0) is 37.5 Å². The molecule has 0 spiro atoms. The Morgan fingerprint density at radius 2 is 2.09 bits per heavy atom. The van der Waals surface area contributed by atoms with E-state index in [1.807, 2.05) is 23.1 Å². The molecule has 1 aromatic carbocycles. The van der Waals surface area contributed by atoms with Crippen molar-refractivity contribution in [2.45, 2.75) is 32.0 Å². The van der Waals surface area contributed by atoms with Crippen LogP contribution in [-0.4, -0.2) is 28.4 Å². The second kappa shape index (κ2) is 5.21. The number of fused-ring (bicyclic) bond motifs is 1. The smallest absolute Gasteiger partial charge is 0.247 e. The Balaban J connectivity index is 1.82. The van der Waals surface area contributed by atoms with Gasteiger partial charge in [-0.25, -0.2) is 4.98 Å². The zero-order chi connectivity index (χ0) is 15.1. The molecule has 4 rings (SSSR count). The van der Waals surface area contributed by atoms with Crippen molar-refractivity contribution in [2.75, 3.05) is 11.4 Å². The van der Waals surface area contributed by atoms with Gasteiger partial charge in [0.1, 0.15) is 12.0 Å². The highest BCUT2D eigenvalue weighted by Gasteiger charge is 2.49. The number of benzene rings is 1. The first-order valence-corrected chi connectivity index (χ1v) is 7.82. The van der Waals surface area contributed by atoms with Crippen molar-refractivity contribution in [3.05, 3.63) is 59.8 Å². The minimum absolute atomic E-state index is 0.00696. The van der Waals surface area contributed by atoms with Crippen LogP contribution in [0.4, 0.5) is 5.82 Å². The van der Waals surface area contributed by atoms with Gasteiger partial charge in [0.25, 0.3) is 0 Å². The Bertz CT molecular complexity index is 700. The summed E-state index contributed by atoms with van der Waals surface area (Å²) in [7, 11) is 0. The minimum Gasteiger partial charge on any atom is -0.275 e. The van der Waals surface area contributed by atoms with E-state index in [2.05, 4.69) is 41.1 Å². The van der Waals surface area contributed by atoms with Crippen LogP contribution in [0.5, 0.6) is 0 Å². The van der Waals surface area contributed by atoms with Crippen molar-refractivity contribution in [3.8, 4) is 0 Å². The number of amides is 1. The summed E-state index contributed by atoms with van der Waals surface area (Å²) in [4.78, 5) is 21.5. The highest BCUT2D eigenvalue weighted by Crippen LogP contribution is 2.41. The third-order valence-corrected chi connectivity index (χ3v) is 4.61. The largest absolute Gasteiger partial charge is 0.275 e. The van der Waals surface area contributed by atoms with Crippen LogP contribution in [0.3, 0.4) is 0 Å². The number of carbonyl (C=O) groups excluding carboxylic acids is 1. The molecule has 2 aromatic rings. The van der Waals surface area contributed by atoms with Gasteiger partial charge in [-0.2, -0.15) is 0 Å². The van der Waals surface area contributed by atoms with Gasteiger partial charge in [0.2, 0.25) is 5.91 Å². The third kappa shape index (κ3) is 2.03. The first-order chi connectivity index (χ1) is 10.8. The van der Waals surface area contributed by atoms with E-state index in [-0.39, 0.29) is 18.1 Å². The summed E-state index contributed by atoms with van der Waals surface area (Å²) in [5.41, 5.74) is 2.39. The van der Waals surface area contributed by atoms with Gasteiger partial charge in [0, 0.05) is 12.7 Å². The van der Waals surface area contributed by atoms with Crippen LogP contribution in [0.15, 0.2) is 48.7 Å². The summed E-state index contributed by atoms with van der Waals surface area (Å²) in [5.74, 6) is 0.927. The Morgan fingerprint density at radius 3 is 2.86 bits per heavy atom. The zero-order valence-corrected chi connectivity index (χ0v) is 12.6. The maximum absolute atomic E-state index is 12.9. The summed E-state index contributed by atoms with van der Waals surface area (Å²) < 4.78 is 0. The molecule has 1 amide bonds. The summed E-state index contributed by atoms with van der Waals surface area (Å²) in [5, 5.41) is 0. The SMILES string of the molecule is Cc1cccc([C@H]2N(c3ccccn3)C(=O)[C@@H]3CCCN32)c1. The number of hydrogen-bond acceptors (Lipinski definition) is 3. The summed E-state index contributed by atoms with van der Waals surface area (Å²) in [6, 6.07) is 14.2. The average molecular weight is 293 g/mol. The third-order valence-electron chi connectivity index (χ3n) is 4.61. The summed E-state index contributed by atoms with van der Waals surface area (Å²) >= 11 is 0. The van der Waals surface area contributed by atoms with E-state index in [1.54, 1.807) is 6.20 Å². The van der Waals surface area contributed by atoms with Crippen LogP contribution in [0.1, 0.15) is 30.1 Å². The lowest BCUT2D eigenvalue weighted by Crippen LogP contribution is -2.32. The van der Waals surface area contributed by atoms with E-state index in [9.17, 15) is 4.79 Å². The highest BCUT2D eigenvalue weighted by molar-refractivity contribution is 5.99. The highest BCUT2D eigenvalue weighted by atomic mass is 16.2. The first kappa shape index (κ1) is 13.5. The second-order valence-corrected chi connectivity index (χ2v) is 6.08. The lowest BCUT2D eigenvalue weighted by molar-refractivity contribution is -0.119. The molecule has 2 aliphatic rings. The summed E-state index contributed by atoms with van der Waals surface area (Å²) in [6.45, 7) is 3.06. The van der Waals surface area contributed by atoms with Crippen LogP contribution in [-0.2, 0) is 4.79 Å². The quantitative estimate of drug-likeness (QED) is 0.854. The summed E-state index contributed by atoms with van der Waals surface area (Å²) in [6.07, 6.45) is 3.76. The first-order valence-electron chi connectivity index (χ1n) is 7.82. The molecule has 0 aliphatic carbocycles. The van der Waals surface area contributed by atoms with Crippen LogP contribution >= 0.6 is 0 Å². The van der Waals surface area contributed by atoms with Gasteiger partial charge >= 0.3 is 0 Å². The van der Waals surface area contributed by atoms with Gasteiger partial charge in [-0.1, -0.05) is 35.9 Å². The molecule has 4 nitrogen and oxygen atoms in total. The van der Waals surface area contributed by atoms with Crippen LogP contribution in [0, 0.1) is 6.92 Å². The molecule has 0 N–H and O–H groups in total. The molecule has 22 heavy (non-hydrogen) atoms. The fraction of sp³-hybridized carbons (Fsp3) is 0.333. The van der Waals surface area contributed by atoms with Crippen molar-refractivity contribution in [3.63, 3.8) is 0 Å². The molecule has 2 aliphatic heterocycles. The lowest BCUT2D eigenvalue weighted by atomic mass is 10.1. The lowest BCUT2D eigenvalue weighted by Gasteiger charge is -2.29. The van der Waals surface area contributed by atoms with E-state index >= 15 is 0 Å². The molecule has 1 aromatic heterocycles. The number of rotatable bonds is 2. The molecule has 2 saturated heterocycles. The van der Waals surface area contributed by atoms with Crippen molar-refractivity contribution < 1.29 is 4.79 Å². The molecule has 3 heterocycles. The maximum Gasteiger partial charge on any atom is 0.247 e. The molecule has 112 valence electrons. The fourth-order valence-electron chi connectivity index (χ4n) is 3.68. The molecular formula is C18H19N3O. The van der Waals surface area contributed by atoms with Gasteiger partial charge in [-0.3, -0.25) is 14.6 Å². The monoisotopic (exact) mass is 293 g/mol. The standard InChI is InChI=1S/C18H19N3O/c1-13-6-4-7-14(12-13)17-20-11-5-8-15(20)18(22)21(17)16-9-2-3-10-19-16/h2-4,6-7,9-10,12,15,17H,5,8,11H2,1H3/t15-,17+/m0/s1. The topological polar surface area (TPSA) is 36.4 Å². The Labute approximate surface area is 130 Å². The molecular weight excluding hydrogens is 274 g/mol. The van der Waals surface area contributed by atoms with Gasteiger partial charge < -0.3 is 0 Å². The second-order valence-electron chi connectivity index (χ2n) is 6.08. The fourth-order valence-corrected chi connectivity index (χ4v) is 3.68. The molecule has 0 saturated carbocycles. The molecule has 4 heteroatoms.